The van der Waals surface area contributed by atoms with Crippen LogP contribution in [0.15, 0.2) is 36.4 Å². The van der Waals surface area contributed by atoms with E-state index in [4.69, 9.17) is 9.47 Å². The van der Waals surface area contributed by atoms with Gasteiger partial charge in [-0.25, -0.2) is 0 Å². The molecule has 8 heteroatoms. The van der Waals surface area contributed by atoms with Crippen molar-refractivity contribution >= 4 is 5.69 Å². The Morgan fingerprint density at radius 3 is 1.93 bits per heavy atom. The van der Waals surface area contributed by atoms with Gasteiger partial charge < -0.3 is 9.47 Å². The summed E-state index contributed by atoms with van der Waals surface area (Å²) in [6.45, 7) is 7.74. The molecule has 0 saturated heterocycles. The van der Waals surface area contributed by atoms with E-state index in [2.05, 4.69) is 0 Å². The molecule has 1 atom stereocenters. The summed E-state index contributed by atoms with van der Waals surface area (Å²) in [5.41, 5.74) is 0.958. The Hall–Kier alpha value is -2.77. The van der Waals surface area contributed by atoms with E-state index in [1.165, 1.54) is 19.2 Å². The second kappa shape index (κ2) is 10.8. The molecule has 0 aliphatic heterocycles. The topological polar surface area (TPSA) is 61.6 Å². The molecule has 2 aromatic rings. The average molecular weight is 427 g/mol. The van der Waals surface area contributed by atoms with Crippen molar-refractivity contribution in [1.29, 1.82) is 0 Å². The van der Waals surface area contributed by atoms with E-state index < -0.39 is 11.7 Å². The number of hydrogen-bond acceptors (Lipinski definition) is 4. The Bertz CT molecular complexity index is 851. The lowest BCUT2D eigenvalue weighted by atomic mass is 9.97. The number of benzene rings is 2. The second-order valence-electron chi connectivity index (χ2n) is 7.10. The van der Waals surface area contributed by atoms with Crippen LogP contribution in [0.2, 0.25) is 0 Å². The van der Waals surface area contributed by atoms with Gasteiger partial charge in [0.05, 0.1) is 24.7 Å². The number of methoxy groups -OCH3 is 2. The van der Waals surface area contributed by atoms with E-state index in [-0.39, 0.29) is 22.4 Å². The summed E-state index contributed by atoms with van der Waals surface area (Å²) < 4.78 is 47.5. The van der Waals surface area contributed by atoms with Crippen LogP contribution in [-0.4, -0.2) is 19.1 Å². The minimum Gasteiger partial charge on any atom is -0.496 e. The minimum atomic E-state index is -4.30. The Morgan fingerprint density at radius 1 is 0.967 bits per heavy atom. The highest BCUT2D eigenvalue weighted by Gasteiger charge is 2.31. The zero-order valence-corrected chi connectivity index (χ0v) is 18.0. The van der Waals surface area contributed by atoms with E-state index in [1.54, 1.807) is 19.2 Å². The van der Waals surface area contributed by atoms with Gasteiger partial charge in [0.2, 0.25) is 0 Å². The molecule has 2 rings (SSSR count). The van der Waals surface area contributed by atoms with Crippen molar-refractivity contribution in [3.63, 3.8) is 0 Å². The standard InChI is InChI=1S/C11H13F3O.C11H15NO3/c1-7(2)9-6-8(11(12,13)14)4-5-10(9)15-3;1-4-8(2)10-7-9(12(13)14)5-6-11(10)15-3/h4-7H,1-3H3;5-8H,4H2,1-3H3. The molecule has 0 aromatic heterocycles. The first kappa shape index (κ1) is 25.3. The lowest BCUT2D eigenvalue weighted by Gasteiger charge is -2.14. The van der Waals surface area contributed by atoms with Gasteiger partial charge in [0.25, 0.3) is 5.69 Å². The van der Waals surface area contributed by atoms with Gasteiger partial charge >= 0.3 is 6.18 Å². The Balaban J connectivity index is 0.000000300. The number of ether oxygens (including phenoxy) is 2. The monoisotopic (exact) mass is 427 g/mol. The summed E-state index contributed by atoms with van der Waals surface area (Å²) in [4.78, 5) is 10.2. The van der Waals surface area contributed by atoms with E-state index in [0.29, 0.717) is 11.3 Å². The zero-order valence-electron chi connectivity index (χ0n) is 18.0. The minimum absolute atomic E-state index is 0.00208. The molecule has 5 nitrogen and oxygen atoms in total. The Kier molecular flexibility index (Phi) is 9.14. The fourth-order valence-electron chi connectivity index (χ4n) is 2.80. The van der Waals surface area contributed by atoms with Crippen molar-refractivity contribution in [3.8, 4) is 11.5 Å². The fraction of sp³-hybridized carbons (Fsp3) is 0.455. The molecule has 2 aromatic carbocycles. The first-order valence-electron chi connectivity index (χ1n) is 9.53. The smallest absolute Gasteiger partial charge is 0.416 e. The molecule has 0 radical (unpaired) electrons. The highest BCUT2D eigenvalue weighted by molar-refractivity contribution is 5.45. The molecule has 30 heavy (non-hydrogen) atoms. The molecule has 1 unspecified atom stereocenters. The summed E-state index contributed by atoms with van der Waals surface area (Å²) in [6, 6.07) is 8.24. The molecule has 0 bridgehead atoms. The van der Waals surface area contributed by atoms with Gasteiger partial charge in [-0.3, -0.25) is 10.1 Å². The number of hydrogen-bond donors (Lipinski definition) is 0. The van der Waals surface area contributed by atoms with Crippen LogP contribution in [0.25, 0.3) is 0 Å². The van der Waals surface area contributed by atoms with Crippen LogP contribution in [0.1, 0.15) is 62.6 Å². The van der Waals surface area contributed by atoms with E-state index in [9.17, 15) is 23.3 Å². The summed E-state index contributed by atoms with van der Waals surface area (Å²) in [7, 11) is 3.03. The van der Waals surface area contributed by atoms with Gasteiger partial charge in [0.1, 0.15) is 11.5 Å². The predicted molar refractivity (Wildman–Crippen MR) is 110 cm³/mol. The van der Waals surface area contributed by atoms with Gasteiger partial charge in [-0.15, -0.1) is 0 Å². The quantitative estimate of drug-likeness (QED) is 0.369. The normalized spacial score (nSPS) is 12.1. The largest absolute Gasteiger partial charge is 0.496 e. The first-order valence-corrected chi connectivity index (χ1v) is 9.53. The predicted octanol–water partition coefficient (Wildman–Crippen LogP) is 6.95. The summed E-state index contributed by atoms with van der Waals surface area (Å²) in [5.74, 6) is 1.48. The van der Waals surface area contributed by atoms with Crippen LogP contribution in [0.4, 0.5) is 18.9 Å². The SMILES string of the molecule is CCC(C)c1cc([N+](=O)[O-])ccc1OC.COc1ccc(C(F)(F)F)cc1C(C)C. The number of alkyl halides is 3. The average Bonchev–Trinajstić information content (AvgIpc) is 2.71. The van der Waals surface area contributed by atoms with Gasteiger partial charge in [0, 0.05) is 17.7 Å². The highest BCUT2D eigenvalue weighted by Crippen LogP contribution is 2.35. The lowest BCUT2D eigenvalue weighted by Crippen LogP contribution is -2.06. The van der Waals surface area contributed by atoms with Crippen LogP contribution in [0.5, 0.6) is 11.5 Å². The third kappa shape index (κ3) is 6.64. The van der Waals surface area contributed by atoms with Gasteiger partial charge in [-0.05, 0) is 48.1 Å². The van der Waals surface area contributed by atoms with Gasteiger partial charge in [-0.2, -0.15) is 13.2 Å². The van der Waals surface area contributed by atoms with Crippen molar-refractivity contribution in [2.24, 2.45) is 0 Å². The van der Waals surface area contributed by atoms with Crippen molar-refractivity contribution < 1.29 is 27.6 Å². The number of nitro benzene ring substituents is 1. The van der Waals surface area contributed by atoms with Crippen LogP contribution in [0, 0.1) is 10.1 Å². The number of non-ortho nitro benzene ring substituents is 1. The van der Waals surface area contributed by atoms with Gasteiger partial charge in [0.15, 0.2) is 0 Å². The Morgan fingerprint density at radius 2 is 1.50 bits per heavy atom. The molecule has 0 saturated carbocycles. The van der Waals surface area contributed by atoms with Gasteiger partial charge in [-0.1, -0.05) is 27.7 Å². The fourth-order valence-corrected chi connectivity index (χ4v) is 2.80. The van der Waals surface area contributed by atoms with E-state index >= 15 is 0 Å². The molecular weight excluding hydrogens is 399 g/mol. The van der Waals surface area contributed by atoms with Crippen LogP contribution in [0.3, 0.4) is 0 Å². The third-order valence-electron chi connectivity index (χ3n) is 4.75. The molecular formula is C22H28F3NO4. The van der Waals surface area contributed by atoms with Crippen LogP contribution >= 0.6 is 0 Å². The number of halogens is 3. The molecule has 0 fully saturated rings. The molecule has 0 spiro atoms. The highest BCUT2D eigenvalue weighted by atomic mass is 19.4. The molecule has 166 valence electrons. The third-order valence-corrected chi connectivity index (χ3v) is 4.75. The summed E-state index contributed by atoms with van der Waals surface area (Å²) in [6.07, 6.45) is -3.37. The lowest BCUT2D eigenvalue weighted by molar-refractivity contribution is -0.385. The van der Waals surface area contributed by atoms with E-state index in [0.717, 1.165) is 29.9 Å². The number of nitrogens with zero attached hydrogens (tertiary/aromatic N) is 1. The Labute approximate surface area is 175 Å². The van der Waals surface area contributed by atoms with Crippen molar-refractivity contribution in [2.45, 2.75) is 52.1 Å². The maximum Gasteiger partial charge on any atom is 0.416 e. The number of rotatable bonds is 6. The molecule has 0 N–H and O–H groups in total. The summed E-state index contributed by atoms with van der Waals surface area (Å²) >= 11 is 0. The van der Waals surface area contributed by atoms with Crippen molar-refractivity contribution in [1.82, 2.24) is 0 Å². The van der Waals surface area contributed by atoms with E-state index in [1.807, 2.05) is 27.7 Å². The molecule has 0 aliphatic rings. The molecule has 0 heterocycles. The zero-order chi connectivity index (χ0) is 23.1. The number of nitro groups is 1. The second-order valence-corrected chi connectivity index (χ2v) is 7.10. The van der Waals surface area contributed by atoms with Crippen molar-refractivity contribution in [2.75, 3.05) is 14.2 Å². The molecule has 0 amide bonds. The van der Waals surface area contributed by atoms with Crippen molar-refractivity contribution in [3.05, 3.63) is 63.2 Å². The van der Waals surface area contributed by atoms with Crippen LogP contribution < -0.4 is 9.47 Å². The first-order chi connectivity index (χ1) is 14.0. The maximum atomic E-state index is 12.4. The molecule has 0 aliphatic carbocycles. The summed E-state index contributed by atoms with van der Waals surface area (Å²) in [5, 5.41) is 10.6. The maximum absolute atomic E-state index is 12.4. The van der Waals surface area contributed by atoms with Crippen LogP contribution in [-0.2, 0) is 6.18 Å².